The van der Waals surface area contributed by atoms with Crippen LogP contribution in [0, 0.1) is 0 Å². The Morgan fingerprint density at radius 2 is 1.61 bits per heavy atom. The van der Waals surface area contributed by atoms with Crippen LogP contribution in [0.5, 0.6) is 5.75 Å². The fourth-order valence-corrected chi connectivity index (χ4v) is 3.99. The van der Waals surface area contributed by atoms with Gasteiger partial charge in [0.2, 0.25) is 5.92 Å². The van der Waals surface area contributed by atoms with Gasteiger partial charge in [0.1, 0.15) is 5.75 Å². The molecule has 0 spiro atoms. The van der Waals surface area contributed by atoms with Crippen LogP contribution in [0.2, 0.25) is 0 Å². The molecule has 1 aliphatic heterocycles. The van der Waals surface area contributed by atoms with E-state index in [-0.39, 0.29) is 36.7 Å². The highest BCUT2D eigenvalue weighted by Crippen LogP contribution is 2.38. The maximum atomic E-state index is 13.4. The van der Waals surface area contributed by atoms with Gasteiger partial charge in [-0.1, -0.05) is 0 Å². The van der Waals surface area contributed by atoms with Crippen molar-refractivity contribution in [3.63, 3.8) is 0 Å². The quantitative estimate of drug-likeness (QED) is 0.705. The van der Waals surface area contributed by atoms with Gasteiger partial charge in [-0.15, -0.1) is 0 Å². The fraction of sp³-hybridized carbons (Fsp3) is 0.684. The van der Waals surface area contributed by atoms with Gasteiger partial charge >= 0.3 is 7.12 Å². The molecule has 1 aromatic rings. The van der Waals surface area contributed by atoms with Gasteiger partial charge in [0.15, 0.2) is 9.84 Å². The normalized spacial score (nSPS) is 24.3. The predicted molar refractivity (Wildman–Crippen MR) is 103 cm³/mol. The molecule has 1 aromatic carbocycles. The van der Waals surface area contributed by atoms with Crippen LogP contribution in [0.1, 0.15) is 53.4 Å². The lowest BCUT2D eigenvalue weighted by Gasteiger charge is -2.32. The van der Waals surface area contributed by atoms with E-state index >= 15 is 0 Å². The van der Waals surface area contributed by atoms with Gasteiger partial charge in [-0.2, -0.15) is 0 Å². The summed E-state index contributed by atoms with van der Waals surface area (Å²) in [5.74, 6) is -2.24. The van der Waals surface area contributed by atoms with Crippen LogP contribution in [0.15, 0.2) is 23.1 Å². The number of rotatable bonds is 4. The molecule has 0 unspecified atom stereocenters. The first-order valence-corrected chi connectivity index (χ1v) is 11.3. The van der Waals surface area contributed by atoms with E-state index in [0.717, 1.165) is 6.26 Å². The van der Waals surface area contributed by atoms with Crippen molar-refractivity contribution in [2.45, 2.75) is 81.5 Å². The zero-order chi connectivity index (χ0) is 21.0. The average molecular weight is 416 g/mol. The average Bonchev–Trinajstić information content (AvgIpc) is 2.76. The van der Waals surface area contributed by atoms with Gasteiger partial charge in [-0.25, -0.2) is 17.2 Å². The summed E-state index contributed by atoms with van der Waals surface area (Å²) in [5, 5.41) is 0. The first kappa shape index (κ1) is 21.5. The van der Waals surface area contributed by atoms with Crippen molar-refractivity contribution in [2.24, 2.45) is 0 Å². The summed E-state index contributed by atoms with van der Waals surface area (Å²) in [4.78, 5) is 0.125. The molecule has 1 aliphatic carbocycles. The highest BCUT2D eigenvalue weighted by atomic mass is 32.2. The molecule has 0 atom stereocenters. The number of halogens is 2. The Morgan fingerprint density at radius 1 is 1.07 bits per heavy atom. The monoisotopic (exact) mass is 416 g/mol. The van der Waals surface area contributed by atoms with E-state index in [2.05, 4.69) is 0 Å². The van der Waals surface area contributed by atoms with Crippen molar-refractivity contribution in [3.05, 3.63) is 18.2 Å². The Hall–Kier alpha value is -1.19. The summed E-state index contributed by atoms with van der Waals surface area (Å²) >= 11 is 0. The number of hydrogen-bond acceptors (Lipinski definition) is 5. The molecule has 0 radical (unpaired) electrons. The first-order chi connectivity index (χ1) is 12.7. The molecule has 1 saturated heterocycles. The summed E-state index contributed by atoms with van der Waals surface area (Å²) < 4.78 is 69.0. The second-order valence-corrected chi connectivity index (χ2v) is 10.7. The molecule has 156 valence electrons. The van der Waals surface area contributed by atoms with Crippen molar-refractivity contribution in [3.8, 4) is 5.75 Å². The highest BCUT2D eigenvalue weighted by Gasteiger charge is 2.52. The van der Waals surface area contributed by atoms with Crippen molar-refractivity contribution in [2.75, 3.05) is 6.26 Å². The van der Waals surface area contributed by atoms with Gasteiger partial charge in [-0.05, 0) is 58.7 Å². The van der Waals surface area contributed by atoms with Crippen LogP contribution in [-0.2, 0) is 19.1 Å². The highest BCUT2D eigenvalue weighted by molar-refractivity contribution is 7.90. The van der Waals surface area contributed by atoms with E-state index in [0.29, 0.717) is 11.2 Å². The first-order valence-electron chi connectivity index (χ1n) is 9.44. The Kier molecular flexibility index (Phi) is 5.34. The van der Waals surface area contributed by atoms with Gasteiger partial charge in [0, 0.05) is 24.6 Å². The van der Waals surface area contributed by atoms with Crippen molar-refractivity contribution >= 4 is 22.4 Å². The number of benzene rings is 1. The molecular weight excluding hydrogens is 389 g/mol. The molecule has 0 N–H and O–H groups in total. The summed E-state index contributed by atoms with van der Waals surface area (Å²) in [6.45, 7) is 7.60. The lowest BCUT2D eigenvalue weighted by atomic mass is 9.78. The molecule has 3 rings (SSSR count). The second-order valence-electron chi connectivity index (χ2n) is 8.73. The minimum absolute atomic E-state index is 0.125. The Labute approximate surface area is 165 Å². The molecule has 0 amide bonds. The molecular formula is C19H27BF2O5S. The molecule has 2 fully saturated rings. The minimum atomic E-state index is -3.44. The summed E-state index contributed by atoms with van der Waals surface area (Å²) in [5.41, 5.74) is -0.759. The molecule has 2 aliphatic rings. The second kappa shape index (κ2) is 6.95. The minimum Gasteiger partial charge on any atom is -0.491 e. The molecule has 5 nitrogen and oxygen atoms in total. The smallest absolute Gasteiger partial charge is 0.491 e. The van der Waals surface area contributed by atoms with Crippen LogP contribution < -0.4 is 10.2 Å². The van der Waals surface area contributed by atoms with Gasteiger partial charge < -0.3 is 14.0 Å². The predicted octanol–water partition coefficient (Wildman–Crippen LogP) is 3.35. The maximum Gasteiger partial charge on any atom is 0.498 e. The van der Waals surface area contributed by atoms with Crippen molar-refractivity contribution < 1.29 is 31.2 Å². The third kappa shape index (κ3) is 4.36. The molecule has 1 saturated carbocycles. The lowest BCUT2D eigenvalue weighted by molar-refractivity contribution is -0.0581. The zero-order valence-electron chi connectivity index (χ0n) is 16.9. The van der Waals surface area contributed by atoms with Gasteiger partial charge in [0.05, 0.1) is 22.2 Å². The Morgan fingerprint density at radius 3 is 2.11 bits per heavy atom. The van der Waals surface area contributed by atoms with E-state index in [9.17, 15) is 17.2 Å². The maximum absolute atomic E-state index is 13.4. The SMILES string of the molecule is CC1(C)OB(c2cc(S(C)(=O)=O)ccc2OC2CCC(F)(F)CC2)OC1(C)C. The van der Waals surface area contributed by atoms with E-state index in [1.807, 2.05) is 27.7 Å². The van der Waals surface area contributed by atoms with Gasteiger partial charge in [-0.3, -0.25) is 0 Å². The summed E-state index contributed by atoms with van der Waals surface area (Å²) in [6.07, 6.45) is 0.813. The van der Waals surface area contributed by atoms with E-state index in [1.54, 1.807) is 6.07 Å². The lowest BCUT2D eigenvalue weighted by Crippen LogP contribution is -2.41. The number of sulfone groups is 1. The van der Waals surface area contributed by atoms with Crippen molar-refractivity contribution in [1.29, 1.82) is 0 Å². The Balaban J connectivity index is 1.92. The van der Waals surface area contributed by atoms with E-state index < -0.39 is 34.1 Å². The van der Waals surface area contributed by atoms with Gasteiger partial charge in [0.25, 0.3) is 0 Å². The molecule has 9 heteroatoms. The fourth-order valence-electron chi connectivity index (χ4n) is 3.33. The molecule has 0 bridgehead atoms. The van der Waals surface area contributed by atoms with Crippen LogP contribution >= 0.6 is 0 Å². The third-order valence-corrected chi connectivity index (χ3v) is 6.98. The number of hydrogen-bond donors (Lipinski definition) is 0. The number of alkyl halides is 2. The summed E-state index contributed by atoms with van der Waals surface area (Å²) in [6, 6.07) is 4.50. The largest absolute Gasteiger partial charge is 0.498 e. The number of ether oxygens (including phenoxy) is 1. The Bertz CT molecular complexity index is 828. The molecule has 28 heavy (non-hydrogen) atoms. The van der Waals surface area contributed by atoms with E-state index in [4.69, 9.17) is 14.0 Å². The standard InChI is InChI=1S/C19H27BF2O5S/c1-17(2)18(3,4)27-20(26-17)15-12-14(28(5,23)24)6-7-16(15)25-13-8-10-19(21,22)11-9-13/h6-7,12-13H,8-11H2,1-5H3. The topological polar surface area (TPSA) is 61.8 Å². The van der Waals surface area contributed by atoms with E-state index in [1.165, 1.54) is 12.1 Å². The van der Waals surface area contributed by atoms with Crippen LogP contribution in [0.3, 0.4) is 0 Å². The van der Waals surface area contributed by atoms with Crippen LogP contribution in [-0.4, -0.2) is 45.0 Å². The van der Waals surface area contributed by atoms with Crippen LogP contribution in [0.4, 0.5) is 8.78 Å². The summed E-state index contributed by atoms with van der Waals surface area (Å²) in [7, 11) is -4.26. The molecule has 0 aromatic heterocycles. The van der Waals surface area contributed by atoms with Crippen LogP contribution in [0.25, 0.3) is 0 Å². The third-order valence-electron chi connectivity index (χ3n) is 5.87. The zero-order valence-corrected chi connectivity index (χ0v) is 17.7. The molecule has 1 heterocycles. The van der Waals surface area contributed by atoms with Crippen molar-refractivity contribution in [1.82, 2.24) is 0 Å².